The molecule has 1 heterocycles. The SMILES string of the molecule is COC(=O)c1c(NC(=O)C(Sc2cccc(NC(=O)/C(=C\c3ccc(O)cc3OC)NC(=O)c3ccccc3)c2)c2ccccc2)sc2c1CCC(C(C)(C)C)C2. The second-order valence-corrected chi connectivity index (χ2v) is 17.0. The van der Waals surface area contributed by atoms with Gasteiger partial charge in [0.05, 0.1) is 19.8 Å². The molecule has 0 radical (unpaired) electrons. The van der Waals surface area contributed by atoms with Crippen LogP contribution in [0.5, 0.6) is 11.5 Å². The molecule has 0 saturated carbocycles. The fourth-order valence-corrected chi connectivity index (χ4v) is 9.11. The molecule has 3 amide bonds. The van der Waals surface area contributed by atoms with Crippen molar-refractivity contribution in [1.82, 2.24) is 5.32 Å². The number of rotatable bonds is 12. The lowest BCUT2D eigenvalue weighted by atomic mass is 9.72. The first kappa shape index (κ1) is 40.8. The minimum atomic E-state index is -0.730. The third-order valence-corrected chi connectivity index (χ3v) is 12.3. The summed E-state index contributed by atoms with van der Waals surface area (Å²) >= 11 is 2.74. The number of aromatic hydroxyl groups is 1. The Kier molecular flexibility index (Phi) is 12.9. The fraction of sp³-hybridized carbons (Fsp3) is 0.244. The molecule has 10 nitrogen and oxygen atoms in total. The molecule has 4 aromatic carbocycles. The number of hydrogen-bond acceptors (Lipinski definition) is 9. The monoisotopic (exact) mass is 803 g/mol. The third kappa shape index (κ3) is 9.94. The van der Waals surface area contributed by atoms with E-state index in [1.807, 2.05) is 36.4 Å². The van der Waals surface area contributed by atoms with Gasteiger partial charge in [0.25, 0.3) is 11.8 Å². The number of thiophene rings is 1. The van der Waals surface area contributed by atoms with Gasteiger partial charge in [-0.05, 0) is 90.3 Å². The smallest absolute Gasteiger partial charge is 0.341 e. The third-order valence-electron chi connectivity index (χ3n) is 9.85. The topological polar surface area (TPSA) is 143 Å². The van der Waals surface area contributed by atoms with Gasteiger partial charge in [0.15, 0.2) is 0 Å². The van der Waals surface area contributed by atoms with Crippen LogP contribution in [-0.4, -0.2) is 43.0 Å². The zero-order chi connectivity index (χ0) is 40.7. The maximum atomic E-state index is 14.3. The van der Waals surface area contributed by atoms with Gasteiger partial charge in [0, 0.05) is 32.7 Å². The summed E-state index contributed by atoms with van der Waals surface area (Å²) in [6, 6.07) is 29.4. The van der Waals surface area contributed by atoms with Crippen molar-refractivity contribution in [3.8, 4) is 11.5 Å². The number of anilines is 2. The number of carbonyl (C=O) groups is 4. The number of esters is 1. The summed E-state index contributed by atoms with van der Waals surface area (Å²) in [6.07, 6.45) is 3.98. The lowest BCUT2D eigenvalue weighted by molar-refractivity contribution is -0.116. The number of thioether (sulfide) groups is 1. The van der Waals surface area contributed by atoms with Gasteiger partial charge >= 0.3 is 5.97 Å². The van der Waals surface area contributed by atoms with Crippen LogP contribution in [0.2, 0.25) is 0 Å². The molecule has 2 unspecified atom stereocenters. The second kappa shape index (κ2) is 18.0. The van der Waals surface area contributed by atoms with Crippen molar-refractivity contribution in [2.24, 2.45) is 11.3 Å². The van der Waals surface area contributed by atoms with Crippen LogP contribution in [-0.2, 0) is 27.2 Å². The summed E-state index contributed by atoms with van der Waals surface area (Å²) in [7, 11) is 2.79. The van der Waals surface area contributed by atoms with E-state index in [9.17, 15) is 24.3 Å². The Hall–Kier alpha value is -5.85. The molecule has 0 fully saturated rings. The van der Waals surface area contributed by atoms with Crippen LogP contribution >= 0.6 is 23.1 Å². The number of ether oxygens (including phenoxy) is 2. The van der Waals surface area contributed by atoms with Crippen LogP contribution in [0, 0.1) is 11.3 Å². The lowest BCUT2D eigenvalue weighted by Gasteiger charge is -2.33. The minimum Gasteiger partial charge on any atom is -0.508 e. The molecule has 0 bridgehead atoms. The van der Waals surface area contributed by atoms with Crippen molar-refractivity contribution in [2.45, 2.75) is 50.2 Å². The number of nitrogens with one attached hydrogen (secondary N) is 3. The van der Waals surface area contributed by atoms with Gasteiger partial charge in [0.1, 0.15) is 27.4 Å². The summed E-state index contributed by atoms with van der Waals surface area (Å²) in [4.78, 5) is 56.4. The molecule has 294 valence electrons. The van der Waals surface area contributed by atoms with Crippen LogP contribution in [0.4, 0.5) is 10.7 Å². The first-order valence-corrected chi connectivity index (χ1v) is 20.2. The highest BCUT2D eigenvalue weighted by atomic mass is 32.2. The van der Waals surface area contributed by atoms with Crippen molar-refractivity contribution in [3.63, 3.8) is 0 Å². The maximum Gasteiger partial charge on any atom is 0.341 e. The van der Waals surface area contributed by atoms with E-state index in [0.29, 0.717) is 43.9 Å². The van der Waals surface area contributed by atoms with Crippen LogP contribution in [0.3, 0.4) is 0 Å². The van der Waals surface area contributed by atoms with E-state index in [1.54, 1.807) is 54.6 Å². The predicted molar refractivity (Wildman–Crippen MR) is 226 cm³/mol. The normalized spacial score (nSPS) is 14.5. The number of methoxy groups -OCH3 is 2. The molecule has 6 rings (SSSR count). The molecule has 1 aromatic heterocycles. The average Bonchev–Trinajstić information content (AvgIpc) is 3.57. The van der Waals surface area contributed by atoms with Crippen molar-refractivity contribution in [2.75, 3.05) is 24.9 Å². The van der Waals surface area contributed by atoms with Crippen LogP contribution in [0.15, 0.2) is 114 Å². The molecule has 0 spiro atoms. The number of carbonyl (C=O) groups excluding carboxylic acids is 4. The molecule has 1 aliphatic rings. The van der Waals surface area contributed by atoms with Gasteiger partial charge in [-0.1, -0.05) is 75.4 Å². The zero-order valence-corrected chi connectivity index (χ0v) is 34.0. The van der Waals surface area contributed by atoms with E-state index in [4.69, 9.17) is 9.47 Å². The van der Waals surface area contributed by atoms with Gasteiger partial charge in [-0.15, -0.1) is 23.1 Å². The molecular formula is C45H45N3O7S2. The Labute approximate surface area is 340 Å². The summed E-state index contributed by atoms with van der Waals surface area (Å²) in [5.41, 5.74) is 3.38. The van der Waals surface area contributed by atoms with E-state index < -0.39 is 23.0 Å². The van der Waals surface area contributed by atoms with E-state index in [1.165, 1.54) is 55.5 Å². The van der Waals surface area contributed by atoms with Gasteiger partial charge in [-0.25, -0.2) is 4.79 Å². The Morgan fingerprint density at radius 1 is 0.895 bits per heavy atom. The predicted octanol–water partition coefficient (Wildman–Crippen LogP) is 9.28. The largest absolute Gasteiger partial charge is 0.508 e. The van der Waals surface area contributed by atoms with Gasteiger partial charge < -0.3 is 30.5 Å². The summed E-state index contributed by atoms with van der Waals surface area (Å²) in [5.74, 6) is -1.16. The molecule has 12 heteroatoms. The van der Waals surface area contributed by atoms with Crippen LogP contribution in [0.25, 0.3) is 6.08 Å². The Morgan fingerprint density at radius 3 is 2.30 bits per heavy atom. The highest BCUT2D eigenvalue weighted by Crippen LogP contribution is 2.45. The molecule has 0 saturated heterocycles. The molecule has 1 aliphatic carbocycles. The molecule has 2 atom stereocenters. The van der Waals surface area contributed by atoms with Gasteiger partial charge in [-0.2, -0.15) is 0 Å². The minimum absolute atomic E-state index is 0.0206. The number of fused-ring (bicyclic) bond motifs is 1. The number of amides is 3. The van der Waals surface area contributed by atoms with Crippen molar-refractivity contribution >= 4 is 63.6 Å². The quantitative estimate of drug-likeness (QED) is 0.0556. The molecule has 5 aromatic rings. The van der Waals surface area contributed by atoms with E-state index in [0.717, 1.165) is 35.3 Å². The van der Waals surface area contributed by atoms with Crippen molar-refractivity contribution in [1.29, 1.82) is 0 Å². The van der Waals surface area contributed by atoms with E-state index in [-0.39, 0.29) is 22.8 Å². The zero-order valence-electron chi connectivity index (χ0n) is 32.4. The number of benzene rings is 4. The highest BCUT2D eigenvalue weighted by Gasteiger charge is 2.35. The Bertz CT molecular complexity index is 2300. The average molecular weight is 804 g/mol. The van der Waals surface area contributed by atoms with Gasteiger partial charge in [-0.3, -0.25) is 14.4 Å². The summed E-state index contributed by atoms with van der Waals surface area (Å²) < 4.78 is 10.6. The highest BCUT2D eigenvalue weighted by molar-refractivity contribution is 8.00. The first-order chi connectivity index (χ1) is 27.3. The summed E-state index contributed by atoms with van der Waals surface area (Å²) in [5, 5.41) is 18.4. The lowest BCUT2D eigenvalue weighted by Crippen LogP contribution is -2.30. The van der Waals surface area contributed by atoms with Gasteiger partial charge in [0.2, 0.25) is 5.91 Å². The molecule has 4 N–H and O–H groups in total. The number of hydrogen-bond donors (Lipinski definition) is 4. The Morgan fingerprint density at radius 2 is 1.61 bits per heavy atom. The maximum absolute atomic E-state index is 14.3. The Balaban J connectivity index is 1.27. The molecule has 0 aliphatic heterocycles. The van der Waals surface area contributed by atoms with Crippen LogP contribution in [0.1, 0.15) is 74.7 Å². The molecule has 57 heavy (non-hydrogen) atoms. The van der Waals surface area contributed by atoms with E-state index >= 15 is 0 Å². The first-order valence-electron chi connectivity index (χ1n) is 18.5. The molecular weight excluding hydrogens is 759 g/mol. The van der Waals surface area contributed by atoms with Crippen molar-refractivity contribution in [3.05, 3.63) is 142 Å². The number of phenols is 1. The van der Waals surface area contributed by atoms with Crippen LogP contribution < -0.4 is 20.7 Å². The standard InChI is InChI=1S/C45H45N3O7S2/c1-45(2,3)30-20-22-34-37(24-30)57-43(38(34)44(53)55-5)48-42(52)39(27-13-8-6-9-14-27)56-33-18-12-17-31(25-33)46-41(51)35(47-40(50)28-15-10-7-11-16-28)23-29-19-21-32(49)26-36(29)54-4/h6-19,21,23,25-26,30,39,49H,20,22,24H2,1-5H3,(H,46,51)(H,47,50)(H,48,52)/b35-23+. The summed E-state index contributed by atoms with van der Waals surface area (Å²) in [6.45, 7) is 6.70. The van der Waals surface area contributed by atoms with Crippen molar-refractivity contribution < 1.29 is 33.8 Å². The number of phenolic OH excluding ortho intramolecular Hbond substituents is 1. The van der Waals surface area contributed by atoms with E-state index in [2.05, 4.69) is 36.7 Å². The fourth-order valence-electron chi connectivity index (χ4n) is 6.71. The second-order valence-electron chi connectivity index (χ2n) is 14.7.